The summed E-state index contributed by atoms with van der Waals surface area (Å²) < 4.78 is 1.66. The lowest BCUT2D eigenvalue weighted by atomic mass is 10.2. The maximum Gasteiger partial charge on any atom is 0.273 e. The van der Waals surface area contributed by atoms with E-state index in [1.807, 2.05) is 33.0 Å². The first-order chi connectivity index (χ1) is 10.6. The van der Waals surface area contributed by atoms with Gasteiger partial charge in [-0.05, 0) is 38.6 Å². The van der Waals surface area contributed by atoms with Gasteiger partial charge in [0.15, 0.2) is 5.69 Å². The molecule has 1 heterocycles. The van der Waals surface area contributed by atoms with Crippen LogP contribution in [0.1, 0.15) is 30.0 Å². The van der Waals surface area contributed by atoms with E-state index in [4.69, 9.17) is 11.6 Å². The third kappa shape index (κ3) is 3.64. The molecule has 0 bridgehead atoms. The molecule has 0 radical (unpaired) electrons. The highest BCUT2D eigenvalue weighted by Crippen LogP contribution is 2.17. The van der Waals surface area contributed by atoms with Gasteiger partial charge in [0, 0.05) is 17.6 Å². The second-order valence-corrected chi connectivity index (χ2v) is 5.47. The Hall–Kier alpha value is -1.92. The Morgan fingerprint density at radius 1 is 1.45 bits per heavy atom. The van der Waals surface area contributed by atoms with E-state index in [0.29, 0.717) is 23.7 Å². The number of carbonyl (C=O) groups excluding carboxylic acids is 1. The largest absolute Gasteiger partial charge is 0.349 e. The smallest absolute Gasteiger partial charge is 0.273 e. The van der Waals surface area contributed by atoms with Crippen LogP contribution in [0.4, 0.5) is 0 Å². The fourth-order valence-corrected chi connectivity index (χ4v) is 2.23. The highest BCUT2D eigenvalue weighted by atomic mass is 35.5. The Kier molecular flexibility index (Phi) is 5.51. The van der Waals surface area contributed by atoms with Gasteiger partial charge in [0.1, 0.15) is 0 Å². The molecule has 0 aliphatic rings. The standard InChI is InChI=1S/C15H20ClN5O/c1-4-13-14(15(22)18-9-10(2)17-3)19-20-21(13)12-7-5-6-11(16)8-12/h5-8,10,17H,4,9H2,1-3H3,(H,18,22). The van der Waals surface area contributed by atoms with E-state index in [1.165, 1.54) is 0 Å². The maximum absolute atomic E-state index is 12.3. The van der Waals surface area contributed by atoms with Crippen LogP contribution < -0.4 is 10.6 Å². The molecule has 22 heavy (non-hydrogen) atoms. The van der Waals surface area contributed by atoms with Crippen LogP contribution in [0.25, 0.3) is 5.69 Å². The van der Waals surface area contributed by atoms with Crippen LogP contribution in [-0.2, 0) is 6.42 Å². The molecule has 7 heteroatoms. The van der Waals surface area contributed by atoms with Gasteiger partial charge in [0.05, 0.1) is 11.4 Å². The van der Waals surface area contributed by atoms with E-state index >= 15 is 0 Å². The summed E-state index contributed by atoms with van der Waals surface area (Å²) in [6.07, 6.45) is 0.643. The van der Waals surface area contributed by atoms with Crippen molar-refractivity contribution in [3.63, 3.8) is 0 Å². The molecule has 1 amide bonds. The first kappa shape index (κ1) is 16.5. The third-order valence-corrected chi connectivity index (χ3v) is 3.66. The van der Waals surface area contributed by atoms with Gasteiger partial charge in [-0.3, -0.25) is 4.79 Å². The summed E-state index contributed by atoms with van der Waals surface area (Å²) in [5, 5.41) is 14.7. The van der Waals surface area contributed by atoms with Gasteiger partial charge in [0.25, 0.3) is 5.91 Å². The van der Waals surface area contributed by atoms with Gasteiger partial charge in [-0.15, -0.1) is 5.10 Å². The van der Waals surface area contributed by atoms with Crippen molar-refractivity contribution in [3.05, 3.63) is 40.7 Å². The molecule has 2 N–H and O–H groups in total. The fourth-order valence-electron chi connectivity index (χ4n) is 2.04. The molecule has 1 atom stereocenters. The molecule has 2 rings (SSSR count). The predicted molar refractivity (Wildman–Crippen MR) is 86.6 cm³/mol. The third-order valence-electron chi connectivity index (χ3n) is 3.43. The Labute approximate surface area is 134 Å². The molecule has 0 aliphatic heterocycles. The number of nitrogens with zero attached hydrogens (tertiary/aromatic N) is 3. The summed E-state index contributed by atoms with van der Waals surface area (Å²) in [5.74, 6) is -0.216. The van der Waals surface area contributed by atoms with Gasteiger partial charge >= 0.3 is 0 Å². The van der Waals surface area contributed by atoms with Crippen molar-refractivity contribution in [2.45, 2.75) is 26.3 Å². The van der Waals surface area contributed by atoms with E-state index < -0.39 is 0 Å². The lowest BCUT2D eigenvalue weighted by Crippen LogP contribution is -2.37. The van der Waals surface area contributed by atoms with E-state index in [0.717, 1.165) is 11.4 Å². The number of hydrogen-bond donors (Lipinski definition) is 2. The SMILES string of the molecule is CCc1c(C(=O)NCC(C)NC)nnn1-c1cccc(Cl)c1. The van der Waals surface area contributed by atoms with E-state index in [1.54, 1.807) is 16.8 Å². The van der Waals surface area contributed by atoms with Crippen molar-refractivity contribution in [1.82, 2.24) is 25.6 Å². The molecule has 2 aromatic rings. The Morgan fingerprint density at radius 2 is 2.23 bits per heavy atom. The highest BCUT2D eigenvalue weighted by molar-refractivity contribution is 6.30. The summed E-state index contributed by atoms with van der Waals surface area (Å²) in [7, 11) is 1.85. The van der Waals surface area contributed by atoms with E-state index in [2.05, 4.69) is 20.9 Å². The molecule has 0 saturated heterocycles. The summed E-state index contributed by atoms with van der Waals surface area (Å²) in [5.41, 5.74) is 1.90. The molecule has 1 aromatic carbocycles. The van der Waals surface area contributed by atoms with Crippen molar-refractivity contribution in [2.75, 3.05) is 13.6 Å². The number of halogens is 1. The highest BCUT2D eigenvalue weighted by Gasteiger charge is 2.19. The normalized spacial score (nSPS) is 12.2. The minimum Gasteiger partial charge on any atom is -0.349 e. The zero-order valence-corrected chi connectivity index (χ0v) is 13.7. The summed E-state index contributed by atoms with van der Waals surface area (Å²) in [6, 6.07) is 7.50. The van der Waals surface area contributed by atoms with Crippen LogP contribution in [0.5, 0.6) is 0 Å². The molecule has 0 saturated carbocycles. The summed E-state index contributed by atoms with van der Waals surface area (Å²) in [6.45, 7) is 4.49. The van der Waals surface area contributed by atoms with Crippen LogP contribution in [0, 0.1) is 0 Å². The molecular formula is C15H20ClN5O. The topological polar surface area (TPSA) is 71.8 Å². The molecule has 0 aliphatic carbocycles. The first-order valence-electron chi connectivity index (χ1n) is 7.22. The Morgan fingerprint density at radius 3 is 2.86 bits per heavy atom. The zero-order chi connectivity index (χ0) is 16.1. The second-order valence-electron chi connectivity index (χ2n) is 5.03. The van der Waals surface area contributed by atoms with Gasteiger partial charge in [-0.1, -0.05) is 29.8 Å². The maximum atomic E-state index is 12.3. The predicted octanol–water partition coefficient (Wildman–Crippen LogP) is 1.82. The van der Waals surface area contributed by atoms with Gasteiger partial charge in [0.2, 0.25) is 0 Å². The number of hydrogen-bond acceptors (Lipinski definition) is 4. The average molecular weight is 322 g/mol. The van der Waals surface area contributed by atoms with Crippen LogP contribution in [-0.4, -0.2) is 40.5 Å². The number of carbonyl (C=O) groups is 1. The van der Waals surface area contributed by atoms with Crippen molar-refractivity contribution >= 4 is 17.5 Å². The van der Waals surface area contributed by atoms with Crippen molar-refractivity contribution in [2.24, 2.45) is 0 Å². The quantitative estimate of drug-likeness (QED) is 0.851. The minimum absolute atomic E-state index is 0.192. The number of nitrogens with one attached hydrogen (secondary N) is 2. The van der Waals surface area contributed by atoms with Crippen molar-refractivity contribution in [3.8, 4) is 5.69 Å². The van der Waals surface area contributed by atoms with Crippen LogP contribution >= 0.6 is 11.6 Å². The van der Waals surface area contributed by atoms with Crippen LogP contribution in [0.15, 0.2) is 24.3 Å². The molecule has 1 unspecified atom stereocenters. The second kappa shape index (κ2) is 7.38. The number of aromatic nitrogens is 3. The Bertz CT molecular complexity index is 655. The molecule has 6 nitrogen and oxygen atoms in total. The van der Waals surface area contributed by atoms with Crippen LogP contribution in [0.3, 0.4) is 0 Å². The van der Waals surface area contributed by atoms with E-state index in [-0.39, 0.29) is 11.9 Å². The zero-order valence-electron chi connectivity index (χ0n) is 12.9. The molecule has 0 spiro atoms. The molecule has 1 aromatic heterocycles. The van der Waals surface area contributed by atoms with Crippen molar-refractivity contribution < 1.29 is 4.79 Å². The molecule has 0 fully saturated rings. The lowest BCUT2D eigenvalue weighted by molar-refractivity contribution is 0.0944. The molecular weight excluding hydrogens is 302 g/mol. The Balaban J connectivity index is 2.26. The number of likely N-dealkylation sites (N-methyl/N-ethyl adjacent to an activating group) is 1. The monoisotopic (exact) mass is 321 g/mol. The van der Waals surface area contributed by atoms with Crippen LogP contribution in [0.2, 0.25) is 5.02 Å². The number of amides is 1. The van der Waals surface area contributed by atoms with E-state index in [9.17, 15) is 4.79 Å². The van der Waals surface area contributed by atoms with Gasteiger partial charge < -0.3 is 10.6 Å². The number of rotatable bonds is 6. The van der Waals surface area contributed by atoms with Crippen molar-refractivity contribution in [1.29, 1.82) is 0 Å². The first-order valence-corrected chi connectivity index (χ1v) is 7.60. The summed E-state index contributed by atoms with van der Waals surface area (Å²) >= 11 is 6.01. The summed E-state index contributed by atoms with van der Waals surface area (Å²) in [4.78, 5) is 12.3. The average Bonchev–Trinajstić information content (AvgIpc) is 2.96. The van der Waals surface area contributed by atoms with Gasteiger partial charge in [-0.25, -0.2) is 4.68 Å². The lowest BCUT2D eigenvalue weighted by Gasteiger charge is -2.11. The fraction of sp³-hybridized carbons (Fsp3) is 0.400. The van der Waals surface area contributed by atoms with Gasteiger partial charge in [-0.2, -0.15) is 0 Å². The number of benzene rings is 1. The minimum atomic E-state index is -0.216. The molecule has 118 valence electrons.